The van der Waals surface area contributed by atoms with E-state index in [4.69, 9.17) is 0 Å². The third-order valence-corrected chi connectivity index (χ3v) is 7.21. The Kier molecular flexibility index (Phi) is 5.91. The number of nitrogens with zero attached hydrogens (tertiary/aromatic N) is 5. The lowest BCUT2D eigenvalue weighted by Crippen LogP contribution is -2.49. The number of rotatable bonds is 5. The fraction of sp³-hybridized carbons (Fsp3) is 0.350. The number of alkyl halides is 3. The van der Waals surface area contributed by atoms with Crippen molar-refractivity contribution in [3.8, 4) is 11.3 Å². The van der Waals surface area contributed by atoms with Crippen LogP contribution in [-0.4, -0.2) is 54.0 Å². The SMILES string of the molecule is CCc1ccc(-c2cc(C(F)(F)F)on2)cc1S(=O)(=O)N1CCN(c2ncccn2)CC1. The van der Waals surface area contributed by atoms with E-state index in [0.29, 0.717) is 31.0 Å². The molecule has 0 atom stereocenters. The summed E-state index contributed by atoms with van der Waals surface area (Å²) in [5, 5.41) is 3.46. The molecule has 32 heavy (non-hydrogen) atoms. The molecule has 0 bridgehead atoms. The Hall–Kier alpha value is -2.99. The molecule has 0 amide bonds. The Balaban J connectivity index is 1.60. The van der Waals surface area contributed by atoms with Gasteiger partial charge in [0.25, 0.3) is 0 Å². The van der Waals surface area contributed by atoms with Crippen molar-refractivity contribution in [1.29, 1.82) is 0 Å². The second-order valence-corrected chi connectivity index (χ2v) is 9.10. The van der Waals surface area contributed by atoms with Gasteiger partial charge in [-0.05, 0) is 24.1 Å². The van der Waals surface area contributed by atoms with Crippen LogP contribution in [0.25, 0.3) is 11.3 Å². The maximum absolute atomic E-state index is 13.4. The normalized spacial score (nSPS) is 15.8. The van der Waals surface area contributed by atoms with Gasteiger partial charge in [-0.2, -0.15) is 17.5 Å². The van der Waals surface area contributed by atoms with Gasteiger partial charge in [0.05, 0.1) is 4.90 Å². The number of halogens is 3. The van der Waals surface area contributed by atoms with E-state index in [2.05, 4.69) is 19.6 Å². The molecule has 170 valence electrons. The summed E-state index contributed by atoms with van der Waals surface area (Å²) in [7, 11) is -3.88. The minimum atomic E-state index is -4.67. The zero-order chi connectivity index (χ0) is 22.9. The van der Waals surface area contributed by atoms with Crippen LogP contribution >= 0.6 is 0 Å². The lowest BCUT2D eigenvalue weighted by molar-refractivity contribution is -0.155. The van der Waals surface area contributed by atoms with Crippen molar-refractivity contribution in [2.75, 3.05) is 31.1 Å². The highest BCUT2D eigenvalue weighted by Crippen LogP contribution is 2.33. The number of aryl methyl sites for hydroxylation is 1. The molecule has 12 heteroatoms. The maximum atomic E-state index is 13.4. The van der Waals surface area contributed by atoms with E-state index in [1.54, 1.807) is 30.6 Å². The van der Waals surface area contributed by atoms with E-state index < -0.39 is 22.0 Å². The summed E-state index contributed by atoms with van der Waals surface area (Å²) in [5.74, 6) is -0.706. The van der Waals surface area contributed by atoms with Crippen molar-refractivity contribution in [1.82, 2.24) is 19.4 Å². The van der Waals surface area contributed by atoms with Gasteiger partial charge in [0.15, 0.2) is 0 Å². The van der Waals surface area contributed by atoms with E-state index in [1.165, 1.54) is 10.4 Å². The Morgan fingerprint density at radius 2 is 1.75 bits per heavy atom. The van der Waals surface area contributed by atoms with Crippen LogP contribution in [0.4, 0.5) is 19.1 Å². The minimum Gasteiger partial charge on any atom is -0.351 e. The van der Waals surface area contributed by atoms with Crippen molar-refractivity contribution in [2.45, 2.75) is 24.4 Å². The third-order valence-electron chi connectivity index (χ3n) is 5.22. The van der Waals surface area contributed by atoms with Gasteiger partial charge in [-0.25, -0.2) is 18.4 Å². The summed E-state index contributed by atoms with van der Waals surface area (Å²) in [6.07, 6.45) is -0.984. The molecule has 2 aromatic heterocycles. The van der Waals surface area contributed by atoms with Gasteiger partial charge in [-0.1, -0.05) is 24.2 Å². The molecule has 3 aromatic rings. The monoisotopic (exact) mass is 467 g/mol. The third kappa shape index (κ3) is 4.32. The van der Waals surface area contributed by atoms with Crippen LogP contribution < -0.4 is 4.90 Å². The van der Waals surface area contributed by atoms with Crippen LogP contribution in [0.1, 0.15) is 18.2 Å². The molecule has 0 N–H and O–H groups in total. The van der Waals surface area contributed by atoms with Gasteiger partial charge >= 0.3 is 6.18 Å². The summed E-state index contributed by atoms with van der Waals surface area (Å²) >= 11 is 0. The summed E-state index contributed by atoms with van der Waals surface area (Å²) in [4.78, 5) is 10.3. The van der Waals surface area contributed by atoms with Crippen LogP contribution in [0, 0.1) is 0 Å². The van der Waals surface area contributed by atoms with Crippen molar-refractivity contribution in [3.63, 3.8) is 0 Å². The van der Waals surface area contributed by atoms with Gasteiger partial charge in [-0.3, -0.25) is 0 Å². The Morgan fingerprint density at radius 1 is 1.06 bits per heavy atom. The zero-order valence-corrected chi connectivity index (χ0v) is 17.9. The van der Waals surface area contributed by atoms with E-state index in [0.717, 1.165) is 6.07 Å². The molecule has 4 rings (SSSR count). The zero-order valence-electron chi connectivity index (χ0n) is 17.1. The number of sulfonamides is 1. The van der Waals surface area contributed by atoms with Crippen molar-refractivity contribution < 1.29 is 26.1 Å². The molecular weight excluding hydrogens is 447 g/mol. The van der Waals surface area contributed by atoms with Crippen LogP contribution in [0.3, 0.4) is 0 Å². The number of anilines is 1. The summed E-state index contributed by atoms with van der Waals surface area (Å²) in [6, 6.07) is 6.96. The first-order valence-corrected chi connectivity index (χ1v) is 11.3. The Labute approximate surface area is 182 Å². The molecule has 1 aromatic carbocycles. The van der Waals surface area contributed by atoms with Crippen LogP contribution in [-0.2, 0) is 22.6 Å². The fourth-order valence-electron chi connectivity index (χ4n) is 3.51. The van der Waals surface area contributed by atoms with E-state index in [1.807, 2.05) is 11.8 Å². The standard InChI is InChI=1S/C20H20F3N5O3S/c1-2-14-4-5-15(16-13-18(31-26-16)20(21,22)23)12-17(14)32(29,30)28-10-8-27(9-11-28)19-24-6-3-7-25-19/h3-7,12-13H,2,8-11H2,1H3. The average molecular weight is 467 g/mol. The first-order chi connectivity index (χ1) is 15.2. The predicted molar refractivity (Wildman–Crippen MR) is 109 cm³/mol. The fourth-order valence-corrected chi connectivity index (χ4v) is 5.25. The second kappa shape index (κ2) is 8.51. The number of benzene rings is 1. The molecule has 1 fully saturated rings. The van der Waals surface area contributed by atoms with Crippen LogP contribution in [0.5, 0.6) is 0 Å². The molecule has 0 radical (unpaired) electrons. The van der Waals surface area contributed by atoms with E-state index in [-0.39, 0.29) is 29.2 Å². The van der Waals surface area contributed by atoms with Gasteiger partial charge in [0.2, 0.25) is 21.7 Å². The highest BCUT2D eigenvalue weighted by atomic mass is 32.2. The van der Waals surface area contributed by atoms with Gasteiger partial charge in [0.1, 0.15) is 5.69 Å². The highest BCUT2D eigenvalue weighted by molar-refractivity contribution is 7.89. The molecule has 3 heterocycles. The first kappa shape index (κ1) is 22.2. The molecule has 0 saturated carbocycles. The highest BCUT2D eigenvalue weighted by Gasteiger charge is 2.36. The number of hydrogen-bond acceptors (Lipinski definition) is 7. The molecule has 0 unspecified atom stereocenters. The molecule has 1 saturated heterocycles. The number of piperazine rings is 1. The van der Waals surface area contributed by atoms with E-state index >= 15 is 0 Å². The first-order valence-electron chi connectivity index (χ1n) is 9.89. The minimum absolute atomic E-state index is 0.0541. The molecule has 0 spiro atoms. The second-order valence-electron chi connectivity index (χ2n) is 7.19. The molecule has 1 aliphatic rings. The van der Waals surface area contributed by atoms with Gasteiger partial charge in [-0.15, -0.1) is 0 Å². The van der Waals surface area contributed by atoms with Crippen molar-refractivity contribution in [2.24, 2.45) is 0 Å². The predicted octanol–water partition coefficient (Wildman–Crippen LogP) is 3.22. The Morgan fingerprint density at radius 3 is 2.34 bits per heavy atom. The maximum Gasteiger partial charge on any atom is 0.452 e. The lowest BCUT2D eigenvalue weighted by Gasteiger charge is -2.34. The summed E-state index contributed by atoms with van der Waals surface area (Å²) in [5.41, 5.74) is 0.723. The topological polar surface area (TPSA) is 92.4 Å². The van der Waals surface area contributed by atoms with Crippen LogP contribution in [0.15, 0.2) is 52.1 Å². The van der Waals surface area contributed by atoms with Gasteiger partial charge in [0, 0.05) is 50.2 Å². The quantitative estimate of drug-likeness (QED) is 0.569. The lowest BCUT2D eigenvalue weighted by atomic mass is 10.1. The van der Waals surface area contributed by atoms with E-state index in [9.17, 15) is 21.6 Å². The smallest absolute Gasteiger partial charge is 0.351 e. The number of aromatic nitrogens is 3. The molecule has 1 aliphatic heterocycles. The Bertz CT molecular complexity index is 1190. The van der Waals surface area contributed by atoms with Gasteiger partial charge < -0.3 is 9.42 Å². The number of hydrogen-bond donors (Lipinski definition) is 0. The summed E-state index contributed by atoms with van der Waals surface area (Å²) < 4.78 is 71.1. The summed E-state index contributed by atoms with van der Waals surface area (Å²) in [6.45, 7) is 3.12. The average Bonchev–Trinajstić information content (AvgIpc) is 3.30. The molecule has 8 nitrogen and oxygen atoms in total. The largest absolute Gasteiger partial charge is 0.452 e. The molecular formula is C20H20F3N5O3S. The van der Waals surface area contributed by atoms with Crippen molar-refractivity contribution in [3.05, 3.63) is 54.0 Å². The molecule has 0 aliphatic carbocycles. The van der Waals surface area contributed by atoms with Crippen molar-refractivity contribution >= 4 is 16.0 Å². The van der Waals surface area contributed by atoms with Crippen LogP contribution in [0.2, 0.25) is 0 Å².